The van der Waals surface area contributed by atoms with Crippen LogP contribution in [0.3, 0.4) is 0 Å². The molecule has 1 fully saturated rings. The third kappa shape index (κ3) is 10.1. The smallest absolute Gasteiger partial charge is 0.399 e. The first-order valence-electron chi connectivity index (χ1n) is 14.8. The summed E-state index contributed by atoms with van der Waals surface area (Å²) in [5.41, 5.74) is 6.49. The standard InChI is InChI=1S/C14H17N3.C12H18BNO2.C8H11ClN2.CH4/c1-10-11(6-5-7-15-10)12-8-13(14(2,3)4)17-9-16-12;1-9-10(7-6-8-14-9)13-15-11(2,3)12(4,5)16-13;1-8(2,3)6-4-7(9)11-5-10-6;/h5-9H,1-4H3;6-8H,1-5H3;4-5H,1-3H3;1H4. The maximum absolute atomic E-state index is 5.97. The van der Waals surface area contributed by atoms with Gasteiger partial charge in [0.05, 0.1) is 22.6 Å². The Morgan fingerprint density at radius 3 is 1.62 bits per heavy atom. The quantitative estimate of drug-likeness (QED) is 0.163. The van der Waals surface area contributed by atoms with Crippen molar-refractivity contribution in [3.05, 3.63) is 89.4 Å². The van der Waals surface area contributed by atoms with E-state index in [-0.39, 0.29) is 36.6 Å². The Morgan fingerprint density at radius 2 is 1.16 bits per heavy atom. The summed E-state index contributed by atoms with van der Waals surface area (Å²) in [6.07, 6.45) is 6.69. The molecule has 45 heavy (non-hydrogen) atoms. The van der Waals surface area contributed by atoms with Crippen LogP contribution in [0.15, 0.2) is 61.4 Å². The van der Waals surface area contributed by atoms with Gasteiger partial charge in [0.2, 0.25) is 0 Å². The van der Waals surface area contributed by atoms with E-state index in [1.54, 1.807) is 24.8 Å². The van der Waals surface area contributed by atoms with Gasteiger partial charge < -0.3 is 9.31 Å². The number of aromatic nitrogens is 6. The van der Waals surface area contributed by atoms with Crippen molar-refractivity contribution in [1.29, 1.82) is 0 Å². The van der Waals surface area contributed by atoms with Crippen LogP contribution in [0.5, 0.6) is 0 Å². The highest BCUT2D eigenvalue weighted by molar-refractivity contribution is 6.62. The summed E-state index contributed by atoms with van der Waals surface area (Å²) in [7, 11) is -0.307. The Morgan fingerprint density at radius 1 is 0.667 bits per heavy atom. The lowest BCUT2D eigenvalue weighted by Gasteiger charge is -2.32. The van der Waals surface area contributed by atoms with Crippen molar-refractivity contribution in [2.24, 2.45) is 0 Å². The minimum absolute atomic E-state index is 0. The molecule has 1 aliphatic heterocycles. The van der Waals surface area contributed by atoms with Crippen molar-refractivity contribution in [3.63, 3.8) is 0 Å². The van der Waals surface area contributed by atoms with Gasteiger partial charge in [-0.3, -0.25) is 9.97 Å². The van der Waals surface area contributed by atoms with Crippen molar-refractivity contribution >= 4 is 24.2 Å². The summed E-state index contributed by atoms with van der Waals surface area (Å²) in [5.74, 6) is 0. The highest BCUT2D eigenvalue weighted by atomic mass is 35.5. The lowest BCUT2D eigenvalue weighted by atomic mass is 9.78. The maximum Gasteiger partial charge on any atom is 0.496 e. The van der Waals surface area contributed by atoms with Crippen LogP contribution in [0, 0.1) is 13.8 Å². The van der Waals surface area contributed by atoms with Crippen LogP contribution in [-0.2, 0) is 20.1 Å². The van der Waals surface area contributed by atoms with Crippen molar-refractivity contribution < 1.29 is 9.31 Å². The molecule has 0 bridgehead atoms. The average Bonchev–Trinajstić information content (AvgIpc) is 3.15. The average molecular weight is 633 g/mol. The largest absolute Gasteiger partial charge is 0.496 e. The van der Waals surface area contributed by atoms with Crippen molar-refractivity contribution in [2.45, 2.75) is 113 Å². The SMILES string of the molecule is C.CC(C)(C)c1cc(Cl)ncn1.Cc1ncccc1-c1cc(C(C)(C)C)ncn1.Cc1ncccc1B1OC(C)(C)C(C)(C)O1. The Kier molecular flexibility index (Phi) is 12.5. The zero-order valence-electron chi connectivity index (χ0n) is 28.2. The predicted molar refractivity (Wildman–Crippen MR) is 186 cm³/mol. The lowest BCUT2D eigenvalue weighted by molar-refractivity contribution is 0.00578. The molecule has 1 saturated heterocycles. The molecular formula is C35H50BClN6O2. The molecule has 0 spiro atoms. The fourth-order valence-electron chi connectivity index (χ4n) is 4.13. The van der Waals surface area contributed by atoms with Crippen LogP contribution < -0.4 is 5.46 Å². The van der Waals surface area contributed by atoms with Crippen LogP contribution in [0.4, 0.5) is 0 Å². The van der Waals surface area contributed by atoms with E-state index in [0.717, 1.165) is 39.5 Å². The maximum atomic E-state index is 5.97. The molecule has 0 amide bonds. The summed E-state index contributed by atoms with van der Waals surface area (Å²) < 4.78 is 11.9. The number of hydrogen-bond donors (Lipinski definition) is 0. The van der Waals surface area contributed by atoms with Gasteiger partial charge in [-0.05, 0) is 71.9 Å². The molecule has 0 saturated carbocycles. The Hall–Kier alpha value is -3.27. The van der Waals surface area contributed by atoms with Gasteiger partial charge >= 0.3 is 7.12 Å². The molecule has 0 N–H and O–H groups in total. The second-order valence-electron chi connectivity index (χ2n) is 13.9. The fourth-order valence-corrected chi connectivity index (χ4v) is 4.28. The molecule has 0 atom stereocenters. The molecule has 8 nitrogen and oxygen atoms in total. The van der Waals surface area contributed by atoms with Crippen LogP contribution in [0.2, 0.25) is 5.15 Å². The first kappa shape index (κ1) is 37.9. The summed E-state index contributed by atoms with van der Waals surface area (Å²) in [6.45, 7) is 24.9. The second kappa shape index (κ2) is 14.9. The molecule has 0 radical (unpaired) electrons. The molecule has 0 unspecified atom stereocenters. The third-order valence-electron chi connectivity index (χ3n) is 7.68. The van der Waals surface area contributed by atoms with Gasteiger partial charge in [-0.25, -0.2) is 19.9 Å². The first-order chi connectivity index (χ1) is 20.3. The number of aryl methyl sites for hydroxylation is 2. The molecule has 1 aliphatic rings. The molecule has 5 heterocycles. The van der Waals surface area contributed by atoms with Gasteiger partial charge in [0.15, 0.2) is 0 Å². The monoisotopic (exact) mass is 632 g/mol. The highest BCUT2D eigenvalue weighted by Gasteiger charge is 2.52. The van der Waals surface area contributed by atoms with Gasteiger partial charge in [0.1, 0.15) is 17.8 Å². The van der Waals surface area contributed by atoms with E-state index in [9.17, 15) is 0 Å². The fraction of sp³-hybridized carbons (Fsp3) is 0.486. The minimum atomic E-state index is -0.307. The van der Waals surface area contributed by atoms with Gasteiger partial charge in [-0.15, -0.1) is 0 Å². The van der Waals surface area contributed by atoms with Gasteiger partial charge in [0, 0.05) is 51.3 Å². The Labute approximate surface area is 276 Å². The topological polar surface area (TPSA) is 95.8 Å². The predicted octanol–water partition coefficient (Wildman–Crippen LogP) is 7.90. The Bertz CT molecular complexity index is 1530. The van der Waals surface area contributed by atoms with Crippen LogP contribution in [0.1, 0.15) is 99.4 Å². The van der Waals surface area contributed by atoms with E-state index >= 15 is 0 Å². The lowest BCUT2D eigenvalue weighted by Crippen LogP contribution is -2.41. The molecule has 10 heteroatoms. The van der Waals surface area contributed by atoms with E-state index < -0.39 is 0 Å². The normalized spacial score (nSPS) is 15.2. The van der Waals surface area contributed by atoms with Crippen molar-refractivity contribution in [1.82, 2.24) is 29.9 Å². The number of rotatable bonds is 2. The third-order valence-corrected chi connectivity index (χ3v) is 7.88. The van der Waals surface area contributed by atoms with Gasteiger partial charge in [-0.1, -0.05) is 66.6 Å². The van der Waals surface area contributed by atoms with E-state index in [1.165, 1.54) is 6.33 Å². The number of hydrogen-bond acceptors (Lipinski definition) is 8. The van der Waals surface area contributed by atoms with Crippen molar-refractivity contribution in [2.75, 3.05) is 0 Å². The molecule has 0 aliphatic carbocycles. The van der Waals surface area contributed by atoms with Crippen LogP contribution >= 0.6 is 11.6 Å². The molecule has 0 aromatic carbocycles. The first-order valence-corrected chi connectivity index (χ1v) is 15.2. The highest BCUT2D eigenvalue weighted by Crippen LogP contribution is 2.36. The summed E-state index contributed by atoms with van der Waals surface area (Å²) >= 11 is 5.70. The van der Waals surface area contributed by atoms with E-state index in [1.807, 2.05) is 44.2 Å². The number of nitrogens with zero attached hydrogens (tertiary/aromatic N) is 6. The zero-order chi connectivity index (χ0) is 32.9. The molecular weight excluding hydrogens is 583 g/mol. The molecule has 242 valence electrons. The van der Waals surface area contributed by atoms with Crippen LogP contribution in [0.25, 0.3) is 11.3 Å². The number of pyridine rings is 2. The van der Waals surface area contributed by atoms with E-state index in [2.05, 4.69) is 99.1 Å². The molecule has 4 aromatic rings. The Balaban J connectivity index is 0.000000238. The molecule has 5 rings (SSSR count). The van der Waals surface area contributed by atoms with E-state index in [0.29, 0.717) is 5.15 Å². The zero-order valence-corrected chi connectivity index (χ0v) is 29.0. The second-order valence-corrected chi connectivity index (χ2v) is 14.3. The van der Waals surface area contributed by atoms with Gasteiger partial charge in [0.25, 0.3) is 0 Å². The van der Waals surface area contributed by atoms with Gasteiger partial charge in [-0.2, -0.15) is 0 Å². The summed E-state index contributed by atoms with van der Waals surface area (Å²) in [5, 5.41) is 0.505. The number of halogens is 1. The van der Waals surface area contributed by atoms with Crippen molar-refractivity contribution in [3.8, 4) is 11.3 Å². The van der Waals surface area contributed by atoms with Crippen LogP contribution in [-0.4, -0.2) is 48.2 Å². The minimum Gasteiger partial charge on any atom is -0.399 e. The summed E-state index contributed by atoms with van der Waals surface area (Å²) in [6, 6.07) is 11.7. The summed E-state index contributed by atoms with van der Waals surface area (Å²) in [4.78, 5) is 25.1. The van der Waals surface area contributed by atoms with E-state index in [4.69, 9.17) is 20.9 Å². The molecule has 4 aromatic heterocycles.